The third-order valence-corrected chi connectivity index (χ3v) is 3.91. The van der Waals surface area contributed by atoms with E-state index in [1.165, 1.54) is 16.8 Å². The minimum absolute atomic E-state index is 0.712. The SMILES string of the molecule is COc1cccc(N2CCCc3cc(C)ccc32)c1N. The molecule has 0 radical (unpaired) electrons. The summed E-state index contributed by atoms with van der Waals surface area (Å²) in [6.45, 7) is 3.13. The number of nitrogens with two attached hydrogens (primary N) is 1. The van der Waals surface area contributed by atoms with Crippen molar-refractivity contribution in [2.45, 2.75) is 19.8 Å². The van der Waals surface area contributed by atoms with E-state index in [4.69, 9.17) is 10.5 Å². The van der Waals surface area contributed by atoms with Gasteiger partial charge in [-0.1, -0.05) is 23.8 Å². The number of nitrogens with zero attached hydrogens (tertiary/aromatic N) is 1. The summed E-state index contributed by atoms with van der Waals surface area (Å²) < 4.78 is 5.33. The molecule has 0 aromatic heterocycles. The number of hydrogen-bond donors (Lipinski definition) is 1. The van der Waals surface area contributed by atoms with Gasteiger partial charge >= 0.3 is 0 Å². The third-order valence-electron chi connectivity index (χ3n) is 3.91. The summed E-state index contributed by atoms with van der Waals surface area (Å²) >= 11 is 0. The van der Waals surface area contributed by atoms with Crippen LogP contribution in [0.25, 0.3) is 0 Å². The van der Waals surface area contributed by atoms with E-state index in [0.717, 1.165) is 30.8 Å². The fourth-order valence-electron chi connectivity index (χ4n) is 2.92. The van der Waals surface area contributed by atoms with Gasteiger partial charge in [0.2, 0.25) is 0 Å². The Hall–Kier alpha value is -2.16. The van der Waals surface area contributed by atoms with Gasteiger partial charge in [-0.05, 0) is 43.5 Å². The number of ether oxygens (including phenoxy) is 1. The van der Waals surface area contributed by atoms with Crippen LogP contribution in [-0.2, 0) is 6.42 Å². The number of anilines is 3. The zero-order valence-electron chi connectivity index (χ0n) is 12.0. The molecule has 0 amide bonds. The minimum Gasteiger partial charge on any atom is -0.495 e. The van der Waals surface area contributed by atoms with E-state index in [2.05, 4.69) is 36.1 Å². The summed E-state index contributed by atoms with van der Waals surface area (Å²) in [6, 6.07) is 12.6. The van der Waals surface area contributed by atoms with Crippen LogP contribution in [0.15, 0.2) is 36.4 Å². The first kappa shape index (κ1) is 12.9. The van der Waals surface area contributed by atoms with Crippen molar-refractivity contribution >= 4 is 17.1 Å². The molecule has 1 aliphatic rings. The molecule has 3 heteroatoms. The fraction of sp³-hybridized carbons (Fsp3) is 0.294. The second-order valence-corrected chi connectivity index (χ2v) is 5.28. The van der Waals surface area contributed by atoms with Gasteiger partial charge in [-0.15, -0.1) is 0 Å². The van der Waals surface area contributed by atoms with Crippen LogP contribution in [-0.4, -0.2) is 13.7 Å². The Bertz CT molecular complexity index is 637. The van der Waals surface area contributed by atoms with Crippen molar-refractivity contribution in [1.82, 2.24) is 0 Å². The van der Waals surface area contributed by atoms with Crippen LogP contribution in [0.4, 0.5) is 17.1 Å². The van der Waals surface area contributed by atoms with Crippen LogP contribution in [0.1, 0.15) is 17.5 Å². The lowest BCUT2D eigenvalue weighted by molar-refractivity contribution is 0.417. The molecule has 3 rings (SSSR count). The van der Waals surface area contributed by atoms with E-state index >= 15 is 0 Å². The van der Waals surface area contributed by atoms with Crippen molar-refractivity contribution in [2.75, 3.05) is 24.3 Å². The molecule has 0 spiro atoms. The van der Waals surface area contributed by atoms with Gasteiger partial charge in [-0.3, -0.25) is 0 Å². The summed E-state index contributed by atoms with van der Waals surface area (Å²) in [4.78, 5) is 2.30. The first-order chi connectivity index (χ1) is 9.70. The molecule has 2 aromatic rings. The lowest BCUT2D eigenvalue weighted by Crippen LogP contribution is -2.25. The van der Waals surface area contributed by atoms with Crippen LogP contribution >= 0.6 is 0 Å². The Labute approximate surface area is 120 Å². The highest BCUT2D eigenvalue weighted by Crippen LogP contribution is 2.39. The predicted molar refractivity (Wildman–Crippen MR) is 83.9 cm³/mol. The zero-order valence-corrected chi connectivity index (χ0v) is 12.0. The Balaban J connectivity index is 2.09. The smallest absolute Gasteiger partial charge is 0.143 e. The Morgan fingerprint density at radius 2 is 2.00 bits per heavy atom. The van der Waals surface area contributed by atoms with Gasteiger partial charge in [0, 0.05) is 12.2 Å². The maximum absolute atomic E-state index is 6.25. The standard InChI is InChI=1S/C17H20N2O/c1-12-8-9-14-13(11-12)5-4-10-19(14)15-6-3-7-16(20-2)17(15)18/h3,6-9,11H,4-5,10,18H2,1-2H3. The first-order valence-corrected chi connectivity index (χ1v) is 7.00. The van der Waals surface area contributed by atoms with E-state index in [1.54, 1.807) is 7.11 Å². The molecule has 0 fully saturated rings. The molecule has 0 aliphatic carbocycles. The number of para-hydroxylation sites is 1. The molecule has 0 unspecified atom stereocenters. The predicted octanol–water partition coefficient (Wildman–Crippen LogP) is 3.67. The molecule has 1 heterocycles. The highest BCUT2D eigenvalue weighted by Gasteiger charge is 2.20. The number of benzene rings is 2. The molecule has 104 valence electrons. The molecular weight excluding hydrogens is 248 g/mol. The van der Waals surface area contributed by atoms with Crippen molar-refractivity contribution in [1.29, 1.82) is 0 Å². The molecule has 3 nitrogen and oxygen atoms in total. The highest BCUT2D eigenvalue weighted by atomic mass is 16.5. The number of methoxy groups -OCH3 is 1. The number of fused-ring (bicyclic) bond motifs is 1. The number of aryl methyl sites for hydroxylation is 2. The molecule has 2 N–H and O–H groups in total. The second kappa shape index (κ2) is 5.08. The van der Waals surface area contributed by atoms with Gasteiger partial charge in [0.25, 0.3) is 0 Å². The fourth-order valence-corrected chi connectivity index (χ4v) is 2.92. The number of rotatable bonds is 2. The molecule has 0 saturated heterocycles. The van der Waals surface area contributed by atoms with E-state index in [0.29, 0.717) is 5.69 Å². The maximum Gasteiger partial charge on any atom is 0.143 e. The van der Waals surface area contributed by atoms with Crippen molar-refractivity contribution in [3.05, 3.63) is 47.5 Å². The van der Waals surface area contributed by atoms with Gasteiger partial charge < -0.3 is 15.4 Å². The molecule has 1 aliphatic heterocycles. The van der Waals surface area contributed by atoms with E-state index in [1.807, 2.05) is 12.1 Å². The zero-order chi connectivity index (χ0) is 14.1. The number of nitrogen functional groups attached to an aromatic ring is 1. The van der Waals surface area contributed by atoms with Crippen LogP contribution < -0.4 is 15.4 Å². The quantitative estimate of drug-likeness (QED) is 0.845. The van der Waals surface area contributed by atoms with Crippen LogP contribution in [0.5, 0.6) is 5.75 Å². The van der Waals surface area contributed by atoms with Crippen LogP contribution in [0.2, 0.25) is 0 Å². The van der Waals surface area contributed by atoms with E-state index in [9.17, 15) is 0 Å². The first-order valence-electron chi connectivity index (χ1n) is 7.00. The van der Waals surface area contributed by atoms with Gasteiger partial charge in [0.1, 0.15) is 5.75 Å². The number of hydrogen-bond acceptors (Lipinski definition) is 3. The van der Waals surface area contributed by atoms with Gasteiger partial charge in [0.05, 0.1) is 18.5 Å². The average Bonchev–Trinajstić information content (AvgIpc) is 2.46. The largest absolute Gasteiger partial charge is 0.495 e. The molecule has 20 heavy (non-hydrogen) atoms. The van der Waals surface area contributed by atoms with Crippen LogP contribution in [0.3, 0.4) is 0 Å². The average molecular weight is 268 g/mol. The summed E-state index contributed by atoms with van der Waals surface area (Å²) in [5, 5.41) is 0. The Morgan fingerprint density at radius 1 is 1.15 bits per heavy atom. The maximum atomic E-state index is 6.25. The lowest BCUT2D eigenvalue weighted by Gasteiger charge is -2.32. The molecule has 0 atom stereocenters. The van der Waals surface area contributed by atoms with Gasteiger partial charge in [-0.2, -0.15) is 0 Å². The van der Waals surface area contributed by atoms with Gasteiger partial charge in [0.15, 0.2) is 0 Å². The summed E-state index contributed by atoms with van der Waals surface area (Å²) in [5.41, 5.74) is 12.0. The third kappa shape index (κ3) is 2.09. The summed E-state index contributed by atoms with van der Waals surface area (Å²) in [7, 11) is 1.66. The van der Waals surface area contributed by atoms with Crippen molar-refractivity contribution < 1.29 is 4.74 Å². The van der Waals surface area contributed by atoms with Crippen molar-refractivity contribution in [3.63, 3.8) is 0 Å². The Morgan fingerprint density at radius 3 is 2.80 bits per heavy atom. The van der Waals surface area contributed by atoms with E-state index < -0.39 is 0 Å². The molecule has 0 saturated carbocycles. The van der Waals surface area contributed by atoms with E-state index in [-0.39, 0.29) is 0 Å². The van der Waals surface area contributed by atoms with Crippen LogP contribution in [0, 0.1) is 6.92 Å². The molecular formula is C17H20N2O. The minimum atomic E-state index is 0.712. The topological polar surface area (TPSA) is 38.5 Å². The summed E-state index contributed by atoms with van der Waals surface area (Å²) in [6.07, 6.45) is 2.28. The summed E-state index contributed by atoms with van der Waals surface area (Å²) in [5.74, 6) is 0.738. The highest BCUT2D eigenvalue weighted by molar-refractivity contribution is 5.80. The Kier molecular flexibility index (Phi) is 3.26. The lowest BCUT2D eigenvalue weighted by atomic mass is 9.98. The van der Waals surface area contributed by atoms with Crippen molar-refractivity contribution in [3.8, 4) is 5.75 Å². The normalized spacial score (nSPS) is 14.0. The molecule has 2 aromatic carbocycles. The second-order valence-electron chi connectivity index (χ2n) is 5.28. The van der Waals surface area contributed by atoms with Gasteiger partial charge in [-0.25, -0.2) is 0 Å². The van der Waals surface area contributed by atoms with Crippen molar-refractivity contribution in [2.24, 2.45) is 0 Å². The molecule has 0 bridgehead atoms. The monoisotopic (exact) mass is 268 g/mol.